The molecule has 0 aliphatic carbocycles. The molecule has 4 nitrogen and oxygen atoms in total. The summed E-state index contributed by atoms with van der Waals surface area (Å²) >= 11 is 1.71. The van der Waals surface area contributed by atoms with Crippen LogP contribution in [0.2, 0.25) is 0 Å². The van der Waals surface area contributed by atoms with Crippen molar-refractivity contribution in [1.29, 1.82) is 0 Å². The highest BCUT2D eigenvalue weighted by molar-refractivity contribution is 7.15. The van der Waals surface area contributed by atoms with Crippen LogP contribution in [-0.4, -0.2) is 42.6 Å². The second kappa shape index (κ2) is 4.47. The van der Waals surface area contributed by atoms with Gasteiger partial charge < -0.3 is 15.5 Å². The van der Waals surface area contributed by atoms with E-state index >= 15 is 0 Å². The fourth-order valence-corrected chi connectivity index (χ4v) is 2.58. The number of aromatic nitrogens is 1. The van der Waals surface area contributed by atoms with Crippen LogP contribution in [0.25, 0.3) is 0 Å². The van der Waals surface area contributed by atoms with Crippen molar-refractivity contribution in [2.45, 2.75) is 19.5 Å². The molecule has 1 unspecified atom stereocenters. The smallest absolute Gasteiger partial charge is 0.185 e. The van der Waals surface area contributed by atoms with Gasteiger partial charge in [0.05, 0.1) is 0 Å². The van der Waals surface area contributed by atoms with Crippen molar-refractivity contribution < 1.29 is 0 Å². The molecule has 1 aliphatic heterocycles. The maximum atomic E-state index is 5.59. The molecule has 1 saturated heterocycles. The van der Waals surface area contributed by atoms with Gasteiger partial charge in [-0.1, -0.05) is 0 Å². The first-order valence-electron chi connectivity index (χ1n) is 5.30. The molecule has 0 bridgehead atoms. The number of nitrogens with two attached hydrogens (primary N) is 1. The van der Waals surface area contributed by atoms with E-state index < -0.39 is 0 Å². The summed E-state index contributed by atoms with van der Waals surface area (Å²) in [4.78, 5) is 10.3. The lowest BCUT2D eigenvalue weighted by atomic mass is 10.2. The molecule has 1 atom stereocenters. The van der Waals surface area contributed by atoms with E-state index in [1.54, 1.807) is 11.3 Å². The highest BCUT2D eigenvalue weighted by Crippen LogP contribution is 2.24. The molecule has 84 valence electrons. The number of hydrogen-bond donors (Lipinski definition) is 1. The molecule has 5 heteroatoms. The molecule has 1 aliphatic rings. The summed E-state index contributed by atoms with van der Waals surface area (Å²) < 4.78 is 0. The van der Waals surface area contributed by atoms with Crippen molar-refractivity contribution >= 4 is 16.5 Å². The number of anilines is 1. The summed E-state index contributed by atoms with van der Waals surface area (Å²) in [6.07, 6.45) is 1.89. The monoisotopic (exact) mass is 226 g/mol. The van der Waals surface area contributed by atoms with E-state index in [-0.39, 0.29) is 0 Å². The Morgan fingerprint density at radius 1 is 1.60 bits per heavy atom. The van der Waals surface area contributed by atoms with Gasteiger partial charge in [0.2, 0.25) is 0 Å². The third kappa shape index (κ3) is 2.30. The second-order valence-corrected chi connectivity index (χ2v) is 5.18. The van der Waals surface area contributed by atoms with Gasteiger partial charge in [-0.3, -0.25) is 0 Å². The summed E-state index contributed by atoms with van der Waals surface area (Å²) in [6.45, 7) is 6.09. The van der Waals surface area contributed by atoms with Gasteiger partial charge in [0, 0.05) is 43.3 Å². The molecule has 2 N–H and O–H groups in total. The minimum Gasteiger partial charge on any atom is -0.345 e. The predicted molar refractivity (Wildman–Crippen MR) is 64.3 cm³/mol. The number of rotatable bonds is 2. The zero-order chi connectivity index (χ0) is 10.8. The molecular weight excluding hydrogens is 208 g/mol. The summed E-state index contributed by atoms with van der Waals surface area (Å²) in [5.74, 6) is 0. The number of thiazole rings is 1. The summed E-state index contributed by atoms with van der Waals surface area (Å²) in [5.41, 5.74) is 5.59. The highest BCUT2D eigenvalue weighted by atomic mass is 32.1. The van der Waals surface area contributed by atoms with E-state index in [0.717, 1.165) is 29.6 Å². The third-order valence-electron chi connectivity index (χ3n) is 2.97. The number of likely N-dealkylation sites (N-methyl/N-ethyl adjacent to an activating group) is 1. The van der Waals surface area contributed by atoms with Crippen LogP contribution in [0.4, 0.5) is 5.13 Å². The van der Waals surface area contributed by atoms with Gasteiger partial charge in [0.25, 0.3) is 0 Å². The molecule has 2 heterocycles. The molecule has 0 aromatic carbocycles. The standard InChI is InChI=1S/C10H18N4S/c1-8-7-14(4-3-13(8)2)10-12-6-9(5-11)15-10/h6,8H,3-5,7,11H2,1-2H3. The molecule has 0 amide bonds. The van der Waals surface area contributed by atoms with Crippen molar-refractivity contribution in [1.82, 2.24) is 9.88 Å². The Hall–Kier alpha value is -0.650. The van der Waals surface area contributed by atoms with Gasteiger partial charge in [0.15, 0.2) is 5.13 Å². The Kier molecular flexibility index (Phi) is 3.23. The Morgan fingerprint density at radius 2 is 2.40 bits per heavy atom. The Bertz CT molecular complexity index is 325. The van der Waals surface area contributed by atoms with Crippen LogP contribution in [-0.2, 0) is 6.54 Å². The van der Waals surface area contributed by atoms with Crippen molar-refractivity contribution in [3.05, 3.63) is 11.1 Å². The van der Waals surface area contributed by atoms with Gasteiger partial charge in [-0.15, -0.1) is 11.3 Å². The fourth-order valence-electron chi connectivity index (χ4n) is 1.76. The van der Waals surface area contributed by atoms with E-state index in [0.29, 0.717) is 12.6 Å². The van der Waals surface area contributed by atoms with Crippen LogP contribution in [0.3, 0.4) is 0 Å². The van der Waals surface area contributed by atoms with E-state index in [4.69, 9.17) is 5.73 Å². The minimum absolute atomic E-state index is 0.598. The number of hydrogen-bond acceptors (Lipinski definition) is 5. The van der Waals surface area contributed by atoms with Gasteiger partial charge >= 0.3 is 0 Å². The molecule has 15 heavy (non-hydrogen) atoms. The lowest BCUT2D eigenvalue weighted by molar-refractivity contribution is 0.234. The van der Waals surface area contributed by atoms with Gasteiger partial charge in [-0.05, 0) is 14.0 Å². The first kappa shape index (κ1) is 10.9. The van der Waals surface area contributed by atoms with Gasteiger partial charge in [-0.25, -0.2) is 4.98 Å². The quantitative estimate of drug-likeness (QED) is 0.808. The van der Waals surface area contributed by atoms with Crippen LogP contribution < -0.4 is 10.6 Å². The lowest BCUT2D eigenvalue weighted by Gasteiger charge is -2.37. The average Bonchev–Trinajstić information content (AvgIpc) is 2.70. The van der Waals surface area contributed by atoms with Crippen LogP contribution in [0.5, 0.6) is 0 Å². The molecular formula is C10H18N4S. The van der Waals surface area contributed by atoms with Crippen LogP contribution in [0.1, 0.15) is 11.8 Å². The molecule has 0 radical (unpaired) electrons. The van der Waals surface area contributed by atoms with Crippen LogP contribution in [0.15, 0.2) is 6.20 Å². The summed E-state index contributed by atoms with van der Waals surface area (Å²) in [6, 6.07) is 0.601. The van der Waals surface area contributed by atoms with Crippen LogP contribution >= 0.6 is 11.3 Å². The maximum absolute atomic E-state index is 5.59. The predicted octanol–water partition coefficient (Wildman–Crippen LogP) is 0.742. The molecule has 0 saturated carbocycles. The van der Waals surface area contributed by atoms with Gasteiger partial charge in [0.1, 0.15) is 0 Å². The topological polar surface area (TPSA) is 45.4 Å². The summed E-state index contributed by atoms with van der Waals surface area (Å²) in [5, 5.41) is 1.12. The first-order chi connectivity index (χ1) is 7.20. The second-order valence-electron chi connectivity index (χ2n) is 4.09. The molecule has 0 spiro atoms. The van der Waals surface area contributed by atoms with Crippen LogP contribution in [0, 0.1) is 0 Å². The number of nitrogens with zero attached hydrogens (tertiary/aromatic N) is 3. The Labute approximate surface area is 94.7 Å². The average molecular weight is 226 g/mol. The minimum atomic E-state index is 0.598. The molecule has 1 fully saturated rings. The zero-order valence-corrected chi connectivity index (χ0v) is 10.1. The Morgan fingerprint density at radius 3 is 3.00 bits per heavy atom. The number of piperazine rings is 1. The maximum Gasteiger partial charge on any atom is 0.185 e. The highest BCUT2D eigenvalue weighted by Gasteiger charge is 2.22. The molecule has 2 rings (SSSR count). The fraction of sp³-hybridized carbons (Fsp3) is 0.700. The van der Waals surface area contributed by atoms with Crippen molar-refractivity contribution in [3.8, 4) is 0 Å². The lowest BCUT2D eigenvalue weighted by Crippen LogP contribution is -2.50. The third-order valence-corrected chi connectivity index (χ3v) is 4.05. The SMILES string of the molecule is CC1CN(c2ncc(CN)s2)CCN1C. The van der Waals surface area contributed by atoms with E-state index in [2.05, 4.69) is 28.8 Å². The normalized spacial score (nSPS) is 23.4. The van der Waals surface area contributed by atoms with Gasteiger partial charge in [-0.2, -0.15) is 0 Å². The first-order valence-corrected chi connectivity index (χ1v) is 6.12. The molecule has 1 aromatic rings. The van der Waals surface area contributed by atoms with E-state index in [1.165, 1.54) is 0 Å². The van der Waals surface area contributed by atoms with Crippen molar-refractivity contribution in [2.24, 2.45) is 5.73 Å². The Balaban J connectivity index is 2.05. The van der Waals surface area contributed by atoms with Crippen molar-refractivity contribution in [3.63, 3.8) is 0 Å². The van der Waals surface area contributed by atoms with Crippen molar-refractivity contribution in [2.75, 3.05) is 31.6 Å². The summed E-state index contributed by atoms with van der Waals surface area (Å²) in [7, 11) is 2.18. The molecule has 1 aromatic heterocycles. The van der Waals surface area contributed by atoms with E-state index in [1.807, 2.05) is 6.20 Å². The van der Waals surface area contributed by atoms with E-state index in [9.17, 15) is 0 Å². The largest absolute Gasteiger partial charge is 0.345 e. The zero-order valence-electron chi connectivity index (χ0n) is 9.31.